The summed E-state index contributed by atoms with van der Waals surface area (Å²) in [6, 6.07) is 12.6. The van der Waals surface area contributed by atoms with Gasteiger partial charge in [0.15, 0.2) is 0 Å². The van der Waals surface area contributed by atoms with E-state index in [9.17, 15) is 22.4 Å². The van der Waals surface area contributed by atoms with Gasteiger partial charge in [-0.05, 0) is 24.7 Å². The number of nitrogens with zero attached hydrogens (tertiary/aromatic N) is 1. The molecule has 2 heterocycles. The second-order valence-corrected chi connectivity index (χ2v) is 8.61. The summed E-state index contributed by atoms with van der Waals surface area (Å²) in [7, 11) is 1.51. The third-order valence-corrected chi connectivity index (χ3v) is 6.32. The van der Waals surface area contributed by atoms with Crippen molar-refractivity contribution in [3.05, 3.63) is 64.5 Å². The fourth-order valence-corrected chi connectivity index (χ4v) is 4.81. The number of alkyl halides is 4. The Morgan fingerprint density at radius 2 is 1.97 bits per heavy atom. The zero-order valence-corrected chi connectivity index (χ0v) is 17.4. The Hall–Kier alpha value is -2.65. The predicted octanol–water partition coefficient (Wildman–Crippen LogP) is 5.10. The van der Waals surface area contributed by atoms with Gasteiger partial charge in [0, 0.05) is 16.6 Å². The van der Waals surface area contributed by atoms with Crippen LogP contribution < -0.4 is 10.1 Å². The highest BCUT2D eigenvalue weighted by Gasteiger charge is 2.48. The summed E-state index contributed by atoms with van der Waals surface area (Å²) in [5, 5.41) is 2.49. The van der Waals surface area contributed by atoms with Crippen LogP contribution in [-0.4, -0.2) is 42.9 Å². The lowest BCUT2D eigenvalue weighted by Gasteiger charge is -2.19. The Morgan fingerprint density at radius 1 is 1.23 bits per heavy atom. The molecule has 1 N–H and O–H groups in total. The van der Waals surface area contributed by atoms with Gasteiger partial charge in [0.25, 0.3) is 18.3 Å². The van der Waals surface area contributed by atoms with Gasteiger partial charge in [0.2, 0.25) is 0 Å². The first-order chi connectivity index (χ1) is 14.8. The second-order valence-electron chi connectivity index (χ2n) is 7.53. The number of amides is 1. The number of carbonyl (C=O) groups excluding carboxylic acids is 1. The van der Waals surface area contributed by atoms with Gasteiger partial charge in [-0.2, -0.15) is 0 Å². The third-order valence-electron chi connectivity index (χ3n) is 5.16. The van der Waals surface area contributed by atoms with E-state index in [1.807, 2.05) is 30.3 Å². The maximum absolute atomic E-state index is 14.2. The van der Waals surface area contributed by atoms with Gasteiger partial charge in [-0.15, -0.1) is 11.3 Å². The molecular weight excluding hydrogens is 432 g/mol. The second kappa shape index (κ2) is 8.47. The number of ether oxygens (including phenoxy) is 1. The largest absolute Gasteiger partial charge is 0.488 e. The first-order valence-corrected chi connectivity index (χ1v) is 10.5. The highest BCUT2D eigenvalue weighted by Crippen LogP contribution is 2.42. The van der Waals surface area contributed by atoms with Gasteiger partial charge >= 0.3 is 0 Å². The molecule has 31 heavy (non-hydrogen) atoms. The Morgan fingerprint density at radius 3 is 2.61 bits per heavy atom. The number of hydrogen-bond donors (Lipinski definition) is 1. The van der Waals surface area contributed by atoms with Crippen molar-refractivity contribution < 1.29 is 27.1 Å². The normalized spacial score (nSPS) is 18.6. The van der Waals surface area contributed by atoms with E-state index in [-0.39, 0.29) is 29.9 Å². The molecule has 0 bridgehead atoms. The van der Waals surface area contributed by atoms with E-state index in [1.165, 1.54) is 11.9 Å². The van der Waals surface area contributed by atoms with Crippen LogP contribution in [0.25, 0.3) is 10.1 Å². The van der Waals surface area contributed by atoms with Gasteiger partial charge in [-0.3, -0.25) is 9.69 Å². The van der Waals surface area contributed by atoms with Crippen LogP contribution in [0.3, 0.4) is 0 Å². The zero-order chi connectivity index (χ0) is 22.2. The number of thiophene rings is 1. The number of likely N-dealkylation sites (tertiary alicyclic amines) is 1. The molecule has 9 heteroatoms. The number of halogens is 4. The summed E-state index contributed by atoms with van der Waals surface area (Å²) in [4.78, 5) is 13.9. The van der Waals surface area contributed by atoms with Crippen LogP contribution in [-0.2, 0) is 6.61 Å². The van der Waals surface area contributed by atoms with Gasteiger partial charge in [-0.25, -0.2) is 17.6 Å². The lowest BCUT2D eigenvalue weighted by atomic mass is 10.1. The molecule has 1 aliphatic rings. The maximum atomic E-state index is 14.2. The molecule has 4 nitrogen and oxygen atoms in total. The molecule has 0 spiro atoms. The van der Waals surface area contributed by atoms with Crippen LogP contribution in [0.2, 0.25) is 0 Å². The third kappa shape index (κ3) is 4.38. The molecule has 1 aromatic heterocycles. The number of likely N-dealkylation sites (N-methyl/N-ethyl adjacent to an activating group) is 1. The van der Waals surface area contributed by atoms with E-state index in [1.54, 1.807) is 18.2 Å². The number of carbonyl (C=O) groups is 1. The molecule has 1 aliphatic heterocycles. The van der Waals surface area contributed by atoms with Crippen molar-refractivity contribution in [2.24, 2.45) is 0 Å². The van der Waals surface area contributed by atoms with Crippen LogP contribution in [0.5, 0.6) is 5.75 Å². The number of rotatable bonds is 6. The molecule has 0 radical (unpaired) electrons. The molecule has 1 amide bonds. The minimum Gasteiger partial charge on any atom is -0.488 e. The van der Waals surface area contributed by atoms with Crippen LogP contribution in [0.1, 0.15) is 27.2 Å². The zero-order valence-electron chi connectivity index (χ0n) is 16.6. The molecule has 0 saturated carbocycles. The Balaban J connectivity index is 1.70. The molecule has 4 rings (SSSR count). The minimum absolute atomic E-state index is 0.0673. The van der Waals surface area contributed by atoms with Crippen molar-refractivity contribution >= 4 is 27.3 Å². The van der Waals surface area contributed by atoms with Crippen LogP contribution in [0.15, 0.2) is 48.5 Å². The Labute approximate surface area is 180 Å². The molecule has 1 unspecified atom stereocenters. The first-order valence-electron chi connectivity index (χ1n) is 9.64. The monoisotopic (exact) mass is 452 g/mol. The number of hydrogen-bond acceptors (Lipinski definition) is 4. The quantitative estimate of drug-likeness (QED) is 0.530. The molecule has 2 aromatic carbocycles. The summed E-state index contributed by atoms with van der Waals surface area (Å²) in [6.45, 7) is -0.399. The van der Waals surface area contributed by atoms with E-state index >= 15 is 0 Å². The summed E-state index contributed by atoms with van der Waals surface area (Å²) in [6.07, 6.45) is -2.92. The average Bonchev–Trinajstić information content (AvgIpc) is 3.24. The van der Waals surface area contributed by atoms with Gasteiger partial charge in [0.05, 0.1) is 17.0 Å². The molecule has 1 atom stereocenters. The van der Waals surface area contributed by atoms with Crippen molar-refractivity contribution in [2.45, 2.75) is 25.0 Å². The van der Waals surface area contributed by atoms with E-state index in [4.69, 9.17) is 4.74 Å². The SMILES string of the molecule is CN1CC(NC(=O)c2c(C(F)F)sc3cccc(OCc4ccccc4)c23)C(F)(F)C1. The lowest BCUT2D eigenvalue weighted by Crippen LogP contribution is -2.46. The molecule has 1 saturated heterocycles. The standard InChI is InChI=1S/C22H20F4N2O2S/c1-28-10-16(22(25,26)12-28)27-21(29)18-17-14(30-11-13-6-3-2-4-7-13)8-5-9-15(17)31-19(18)20(23)24/h2-9,16,20H,10-12H2,1H3,(H,27,29). The number of benzene rings is 2. The highest BCUT2D eigenvalue weighted by atomic mass is 32.1. The van der Waals surface area contributed by atoms with E-state index < -0.39 is 35.7 Å². The number of fused-ring (bicyclic) bond motifs is 1. The summed E-state index contributed by atoms with van der Waals surface area (Å²) in [5.41, 5.74) is 0.562. The van der Waals surface area contributed by atoms with Crippen molar-refractivity contribution in [1.82, 2.24) is 10.2 Å². The fraction of sp³-hybridized carbons (Fsp3) is 0.318. The smallest absolute Gasteiger partial charge is 0.281 e. The van der Waals surface area contributed by atoms with E-state index in [2.05, 4.69) is 5.32 Å². The van der Waals surface area contributed by atoms with Crippen molar-refractivity contribution in [3.8, 4) is 5.75 Å². The van der Waals surface area contributed by atoms with E-state index in [0.717, 1.165) is 16.9 Å². The van der Waals surface area contributed by atoms with Gasteiger partial charge < -0.3 is 10.1 Å². The topological polar surface area (TPSA) is 41.6 Å². The molecule has 1 fully saturated rings. The molecule has 3 aromatic rings. The summed E-state index contributed by atoms with van der Waals surface area (Å²) in [5.74, 6) is -3.84. The predicted molar refractivity (Wildman–Crippen MR) is 111 cm³/mol. The lowest BCUT2D eigenvalue weighted by molar-refractivity contribution is -0.00821. The van der Waals surface area contributed by atoms with Crippen LogP contribution in [0, 0.1) is 0 Å². The fourth-order valence-electron chi connectivity index (χ4n) is 3.73. The Kier molecular flexibility index (Phi) is 5.90. The van der Waals surface area contributed by atoms with Crippen molar-refractivity contribution in [3.63, 3.8) is 0 Å². The molecular formula is C22H20F4N2O2S. The van der Waals surface area contributed by atoms with Gasteiger partial charge in [-0.1, -0.05) is 36.4 Å². The van der Waals surface area contributed by atoms with Crippen LogP contribution >= 0.6 is 11.3 Å². The minimum atomic E-state index is -3.14. The number of nitrogens with one attached hydrogen (secondary N) is 1. The highest BCUT2D eigenvalue weighted by molar-refractivity contribution is 7.19. The molecule has 0 aliphatic carbocycles. The maximum Gasteiger partial charge on any atom is 0.281 e. The van der Waals surface area contributed by atoms with Crippen molar-refractivity contribution in [2.75, 3.05) is 20.1 Å². The summed E-state index contributed by atoms with van der Waals surface area (Å²) >= 11 is 0.766. The van der Waals surface area contributed by atoms with Crippen LogP contribution in [0.4, 0.5) is 17.6 Å². The summed E-state index contributed by atoms with van der Waals surface area (Å²) < 4.78 is 62.2. The Bertz CT molecular complexity index is 1090. The average molecular weight is 452 g/mol. The first kappa shape index (κ1) is 21.6. The van der Waals surface area contributed by atoms with Gasteiger partial charge in [0.1, 0.15) is 18.4 Å². The van der Waals surface area contributed by atoms with Crippen molar-refractivity contribution in [1.29, 1.82) is 0 Å². The van der Waals surface area contributed by atoms with E-state index in [0.29, 0.717) is 4.70 Å². The molecule has 164 valence electrons.